The van der Waals surface area contributed by atoms with Crippen molar-refractivity contribution in [3.63, 3.8) is 0 Å². The number of rotatable bonds is 18. The monoisotopic (exact) mass is 392 g/mol. The lowest BCUT2D eigenvalue weighted by Crippen LogP contribution is -2.38. The van der Waals surface area contributed by atoms with Gasteiger partial charge in [-0.2, -0.15) is 0 Å². The third kappa shape index (κ3) is 11.5. The molecule has 2 nitrogen and oxygen atoms in total. The molecular weight excluding hydrogens is 340 g/mol. The standard InChI is InChI=1S/C26H52N2/c1-6-8-9-10-11-12-13-14-15-16-17-18-19-20-21-22-25-27-26(4,5)23-28(25)24(3)7-2/h24H,6-23H2,1-5H3. The van der Waals surface area contributed by atoms with E-state index in [2.05, 4.69) is 39.5 Å². The highest BCUT2D eigenvalue weighted by atomic mass is 15.3. The topological polar surface area (TPSA) is 15.6 Å². The molecule has 0 bridgehead atoms. The molecule has 0 aromatic heterocycles. The van der Waals surface area contributed by atoms with E-state index in [1.807, 2.05) is 0 Å². The van der Waals surface area contributed by atoms with E-state index in [1.165, 1.54) is 115 Å². The fraction of sp³-hybridized carbons (Fsp3) is 0.962. The van der Waals surface area contributed by atoms with Crippen molar-refractivity contribution in [2.24, 2.45) is 4.99 Å². The minimum absolute atomic E-state index is 0.119. The Kier molecular flexibility index (Phi) is 14.0. The number of amidine groups is 1. The lowest BCUT2D eigenvalue weighted by atomic mass is 10.0. The third-order valence-electron chi connectivity index (χ3n) is 6.45. The molecule has 2 heteroatoms. The summed E-state index contributed by atoms with van der Waals surface area (Å²) in [7, 11) is 0. The van der Waals surface area contributed by atoms with Crippen LogP contribution >= 0.6 is 0 Å². The van der Waals surface area contributed by atoms with Crippen LogP contribution in [0.1, 0.15) is 144 Å². The molecule has 0 aromatic carbocycles. The van der Waals surface area contributed by atoms with Gasteiger partial charge in [0.2, 0.25) is 0 Å². The van der Waals surface area contributed by atoms with Crippen LogP contribution in [-0.4, -0.2) is 28.9 Å². The molecule has 1 atom stereocenters. The molecule has 0 saturated carbocycles. The van der Waals surface area contributed by atoms with Gasteiger partial charge in [0, 0.05) is 19.0 Å². The van der Waals surface area contributed by atoms with Crippen molar-refractivity contribution in [2.45, 2.75) is 155 Å². The van der Waals surface area contributed by atoms with Gasteiger partial charge in [-0.1, -0.05) is 104 Å². The minimum Gasteiger partial charge on any atom is -0.355 e. The first-order valence-corrected chi connectivity index (χ1v) is 12.9. The Morgan fingerprint density at radius 1 is 0.750 bits per heavy atom. The Labute approximate surface area is 178 Å². The van der Waals surface area contributed by atoms with Crippen LogP contribution in [0.4, 0.5) is 0 Å². The molecule has 0 N–H and O–H groups in total. The number of hydrogen-bond donors (Lipinski definition) is 0. The van der Waals surface area contributed by atoms with E-state index >= 15 is 0 Å². The van der Waals surface area contributed by atoms with Gasteiger partial charge in [0.1, 0.15) is 0 Å². The van der Waals surface area contributed by atoms with E-state index in [1.54, 1.807) is 0 Å². The van der Waals surface area contributed by atoms with E-state index in [9.17, 15) is 0 Å². The van der Waals surface area contributed by atoms with Gasteiger partial charge in [-0.3, -0.25) is 4.99 Å². The molecule has 166 valence electrons. The Morgan fingerprint density at radius 3 is 1.61 bits per heavy atom. The van der Waals surface area contributed by atoms with Crippen molar-refractivity contribution in [1.82, 2.24) is 4.90 Å². The van der Waals surface area contributed by atoms with Gasteiger partial charge in [-0.15, -0.1) is 0 Å². The summed E-state index contributed by atoms with van der Waals surface area (Å²) >= 11 is 0. The van der Waals surface area contributed by atoms with Crippen LogP contribution in [0.25, 0.3) is 0 Å². The van der Waals surface area contributed by atoms with Crippen molar-refractivity contribution in [1.29, 1.82) is 0 Å². The van der Waals surface area contributed by atoms with Gasteiger partial charge in [0.05, 0.1) is 11.4 Å². The van der Waals surface area contributed by atoms with Crippen LogP contribution < -0.4 is 0 Å². The highest BCUT2D eigenvalue weighted by molar-refractivity contribution is 5.84. The molecule has 1 heterocycles. The zero-order chi connectivity index (χ0) is 20.7. The second kappa shape index (κ2) is 15.3. The fourth-order valence-electron chi connectivity index (χ4n) is 4.44. The first-order valence-electron chi connectivity index (χ1n) is 12.9. The van der Waals surface area contributed by atoms with E-state index in [4.69, 9.17) is 4.99 Å². The number of aliphatic imine (C=N–C) groups is 1. The SMILES string of the molecule is CCCCCCCCCCCCCCCCCC1=NC(C)(C)CN1C(C)CC. The van der Waals surface area contributed by atoms with Crippen molar-refractivity contribution >= 4 is 5.84 Å². The third-order valence-corrected chi connectivity index (χ3v) is 6.45. The largest absolute Gasteiger partial charge is 0.355 e. The fourth-order valence-corrected chi connectivity index (χ4v) is 4.44. The highest BCUT2D eigenvalue weighted by Gasteiger charge is 2.32. The Balaban J connectivity index is 1.94. The minimum atomic E-state index is 0.119. The predicted octanol–water partition coefficient (Wildman–Crippen LogP) is 8.54. The first kappa shape index (κ1) is 25.5. The van der Waals surface area contributed by atoms with Gasteiger partial charge >= 0.3 is 0 Å². The average molecular weight is 393 g/mol. The summed E-state index contributed by atoms with van der Waals surface area (Å²) in [6.07, 6.45) is 23.9. The molecule has 0 aromatic rings. The lowest BCUT2D eigenvalue weighted by Gasteiger charge is -2.28. The second-order valence-corrected chi connectivity index (χ2v) is 9.93. The van der Waals surface area contributed by atoms with Crippen LogP contribution in [0.15, 0.2) is 4.99 Å². The molecule has 0 radical (unpaired) electrons. The summed E-state index contributed by atoms with van der Waals surface area (Å²) in [5, 5.41) is 0. The maximum Gasteiger partial charge on any atom is 0.0999 e. The Hall–Kier alpha value is -0.530. The Bertz CT molecular complexity index is 399. The van der Waals surface area contributed by atoms with Gasteiger partial charge < -0.3 is 4.90 Å². The number of unbranched alkanes of at least 4 members (excludes halogenated alkanes) is 14. The van der Waals surface area contributed by atoms with Gasteiger partial charge in [-0.05, 0) is 33.6 Å². The van der Waals surface area contributed by atoms with E-state index in [0.29, 0.717) is 6.04 Å². The van der Waals surface area contributed by atoms with Crippen molar-refractivity contribution < 1.29 is 0 Å². The summed E-state index contributed by atoms with van der Waals surface area (Å²) in [4.78, 5) is 7.59. The maximum atomic E-state index is 5.02. The molecule has 0 fully saturated rings. The zero-order valence-corrected chi connectivity index (χ0v) is 20.2. The van der Waals surface area contributed by atoms with Crippen LogP contribution in [-0.2, 0) is 0 Å². The molecule has 0 saturated heterocycles. The summed E-state index contributed by atoms with van der Waals surface area (Å²) < 4.78 is 0. The zero-order valence-electron chi connectivity index (χ0n) is 20.2. The van der Waals surface area contributed by atoms with Crippen LogP contribution in [0, 0.1) is 0 Å². The summed E-state index contributed by atoms with van der Waals surface area (Å²) in [6.45, 7) is 12.6. The van der Waals surface area contributed by atoms with Gasteiger partial charge in [-0.25, -0.2) is 0 Å². The molecule has 1 aliphatic heterocycles. The molecule has 28 heavy (non-hydrogen) atoms. The van der Waals surface area contributed by atoms with E-state index in [0.717, 1.165) is 6.54 Å². The lowest BCUT2D eigenvalue weighted by molar-refractivity contribution is 0.298. The number of hydrogen-bond acceptors (Lipinski definition) is 2. The Morgan fingerprint density at radius 2 is 1.18 bits per heavy atom. The van der Waals surface area contributed by atoms with Crippen molar-refractivity contribution in [2.75, 3.05) is 6.54 Å². The van der Waals surface area contributed by atoms with Crippen LogP contribution in [0.5, 0.6) is 0 Å². The molecule has 0 aliphatic carbocycles. The average Bonchev–Trinajstić information content (AvgIpc) is 2.98. The predicted molar refractivity (Wildman–Crippen MR) is 128 cm³/mol. The smallest absolute Gasteiger partial charge is 0.0999 e. The molecule has 0 amide bonds. The molecule has 1 aliphatic rings. The van der Waals surface area contributed by atoms with E-state index in [-0.39, 0.29) is 5.54 Å². The quantitative estimate of drug-likeness (QED) is 0.213. The number of nitrogens with zero attached hydrogens (tertiary/aromatic N) is 2. The van der Waals surface area contributed by atoms with Crippen LogP contribution in [0.2, 0.25) is 0 Å². The molecular formula is C26H52N2. The normalized spacial score (nSPS) is 17.2. The summed E-state index contributed by atoms with van der Waals surface area (Å²) in [5.41, 5.74) is 0.119. The van der Waals surface area contributed by atoms with Crippen molar-refractivity contribution in [3.8, 4) is 0 Å². The van der Waals surface area contributed by atoms with E-state index < -0.39 is 0 Å². The van der Waals surface area contributed by atoms with Gasteiger partial charge in [0.25, 0.3) is 0 Å². The molecule has 1 rings (SSSR count). The summed E-state index contributed by atoms with van der Waals surface area (Å²) in [5.74, 6) is 1.38. The highest BCUT2D eigenvalue weighted by Crippen LogP contribution is 2.25. The second-order valence-electron chi connectivity index (χ2n) is 9.93. The first-order chi connectivity index (χ1) is 13.5. The van der Waals surface area contributed by atoms with Crippen LogP contribution in [0.3, 0.4) is 0 Å². The molecule has 1 unspecified atom stereocenters. The summed E-state index contributed by atoms with van der Waals surface area (Å²) in [6, 6.07) is 0.636. The van der Waals surface area contributed by atoms with Crippen molar-refractivity contribution in [3.05, 3.63) is 0 Å². The molecule has 0 spiro atoms. The maximum absolute atomic E-state index is 5.02. The van der Waals surface area contributed by atoms with Gasteiger partial charge in [0.15, 0.2) is 0 Å².